The Balaban J connectivity index is 2.48. The molecule has 1 aromatic carbocycles. The van der Waals surface area contributed by atoms with E-state index in [1.807, 2.05) is 6.92 Å². The molecule has 1 aliphatic rings. The van der Waals surface area contributed by atoms with Crippen LogP contribution in [0.2, 0.25) is 5.02 Å². The third kappa shape index (κ3) is 1.08. The molecule has 3 heteroatoms. The van der Waals surface area contributed by atoms with Crippen molar-refractivity contribution in [3.8, 4) is 5.75 Å². The molecule has 12 heavy (non-hydrogen) atoms. The van der Waals surface area contributed by atoms with Crippen LogP contribution in [0.5, 0.6) is 5.75 Å². The number of hydrogen-bond donors (Lipinski definition) is 1. The summed E-state index contributed by atoms with van der Waals surface area (Å²) in [5.41, 5.74) is 0.787. The van der Waals surface area contributed by atoms with Crippen LogP contribution in [-0.4, -0.2) is 11.2 Å². The van der Waals surface area contributed by atoms with Gasteiger partial charge in [0.2, 0.25) is 0 Å². The van der Waals surface area contributed by atoms with Crippen LogP contribution >= 0.6 is 11.6 Å². The lowest BCUT2D eigenvalue weighted by Gasteiger charge is -2.06. The normalized spacial score (nSPS) is 26.6. The molecule has 2 unspecified atom stereocenters. The maximum Gasteiger partial charge on any atom is 0.126 e. The third-order valence-electron chi connectivity index (χ3n) is 2.05. The van der Waals surface area contributed by atoms with Crippen molar-refractivity contribution in [2.24, 2.45) is 0 Å². The van der Waals surface area contributed by atoms with Crippen molar-refractivity contribution in [2.45, 2.75) is 19.1 Å². The van der Waals surface area contributed by atoms with E-state index in [-0.39, 0.29) is 6.10 Å². The van der Waals surface area contributed by atoms with E-state index < -0.39 is 6.10 Å². The molecule has 0 radical (unpaired) electrons. The summed E-state index contributed by atoms with van der Waals surface area (Å²) >= 11 is 5.77. The molecule has 0 saturated carbocycles. The molecule has 0 saturated heterocycles. The van der Waals surface area contributed by atoms with E-state index in [0.717, 1.165) is 11.3 Å². The number of halogens is 1. The fraction of sp³-hybridized carbons (Fsp3) is 0.333. The molecule has 0 spiro atoms. The highest BCUT2D eigenvalue weighted by atomic mass is 35.5. The topological polar surface area (TPSA) is 29.5 Å². The van der Waals surface area contributed by atoms with E-state index >= 15 is 0 Å². The van der Waals surface area contributed by atoms with Gasteiger partial charge in [-0.25, -0.2) is 0 Å². The summed E-state index contributed by atoms with van der Waals surface area (Å²) in [7, 11) is 0. The second-order valence-electron chi connectivity index (χ2n) is 2.95. The summed E-state index contributed by atoms with van der Waals surface area (Å²) in [6, 6.07) is 5.28. The number of benzene rings is 1. The van der Waals surface area contributed by atoms with E-state index in [2.05, 4.69) is 0 Å². The van der Waals surface area contributed by atoms with Gasteiger partial charge < -0.3 is 9.84 Å². The number of ether oxygens (including phenoxy) is 1. The fourth-order valence-electron chi connectivity index (χ4n) is 1.38. The van der Waals surface area contributed by atoms with E-state index in [1.54, 1.807) is 18.2 Å². The van der Waals surface area contributed by atoms with Crippen LogP contribution in [0.25, 0.3) is 0 Å². The van der Waals surface area contributed by atoms with Gasteiger partial charge in [-0.2, -0.15) is 0 Å². The van der Waals surface area contributed by atoms with Gasteiger partial charge in [0, 0.05) is 10.6 Å². The minimum absolute atomic E-state index is 0.168. The standard InChI is InChI=1S/C9H9ClO2/c1-5-9(11)7-4-6(10)2-3-8(7)12-5/h2-5,9,11H,1H3. The van der Waals surface area contributed by atoms with Crippen molar-refractivity contribution in [3.05, 3.63) is 28.8 Å². The van der Waals surface area contributed by atoms with E-state index in [0.29, 0.717) is 5.02 Å². The molecule has 1 aliphatic heterocycles. The Labute approximate surface area is 75.7 Å². The average molecular weight is 185 g/mol. The SMILES string of the molecule is CC1Oc2ccc(Cl)cc2C1O. The van der Waals surface area contributed by atoms with E-state index in [9.17, 15) is 5.11 Å². The molecule has 2 nitrogen and oxygen atoms in total. The Bertz CT molecular complexity index is 311. The lowest BCUT2D eigenvalue weighted by atomic mass is 10.1. The second kappa shape index (κ2) is 2.64. The molecule has 0 fully saturated rings. The average Bonchev–Trinajstić information content (AvgIpc) is 2.31. The lowest BCUT2D eigenvalue weighted by molar-refractivity contribution is 0.0796. The van der Waals surface area contributed by atoms with E-state index in [4.69, 9.17) is 16.3 Å². The molecule has 0 aliphatic carbocycles. The van der Waals surface area contributed by atoms with Crippen LogP contribution in [0.4, 0.5) is 0 Å². The fourth-order valence-corrected chi connectivity index (χ4v) is 1.56. The molecule has 1 heterocycles. The highest BCUT2D eigenvalue weighted by molar-refractivity contribution is 6.30. The zero-order chi connectivity index (χ0) is 8.72. The van der Waals surface area contributed by atoms with Gasteiger partial charge in [-0.15, -0.1) is 0 Å². The Morgan fingerprint density at radius 2 is 2.25 bits per heavy atom. The van der Waals surface area contributed by atoms with Crippen LogP contribution in [-0.2, 0) is 0 Å². The predicted octanol–water partition coefficient (Wildman–Crippen LogP) is 2.15. The number of aliphatic hydroxyl groups is 1. The zero-order valence-corrected chi connectivity index (χ0v) is 7.38. The quantitative estimate of drug-likeness (QED) is 0.670. The maximum absolute atomic E-state index is 9.59. The first-order valence-corrected chi connectivity index (χ1v) is 4.20. The first-order chi connectivity index (χ1) is 5.68. The highest BCUT2D eigenvalue weighted by Gasteiger charge is 2.28. The van der Waals surface area contributed by atoms with Gasteiger partial charge >= 0.3 is 0 Å². The number of aliphatic hydroxyl groups excluding tert-OH is 1. The summed E-state index contributed by atoms with van der Waals surface area (Å²) in [6.45, 7) is 1.83. The van der Waals surface area contributed by atoms with Gasteiger partial charge in [0.05, 0.1) is 0 Å². The number of hydrogen-bond acceptors (Lipinski definition) is 2. The molecule has 1 aromatic rings. The van der Waals surface area contributed by atoms with Crippen LogP contribution in [0.15, 0.2) is 18.2 Å². The van der Waals surface area contributed by atoms with Gasteiger partial charge in [-0.1, -0.05) is 11.6 Å². The molecule has 2 rings (SSSR count). The van der Waals surface area contributed by atoms with Gasteiger partial charge in [-0.05, 0) is 25.1 Å². The largest absolute Gasteiger partial charge is 0.487 e. The molecule has 64 valence electrons. The van der Waals surface area contributed by atoms with Gasteiger partial charge in [-0.3, -0.25) is 0 Å². The molecule has 1 N–H and O–H groups in total. The van der Waals surface area contributed by atoms with E-state index in [1.165, 1.54) is 0 Å². The number of fused-ring (bicyclic) bond motifs is 1. The highest BCUT2D eigenvalue weighted by Crippen LogP contribution is 2.37. The Kier molecular flexibility index (Phi) is 1.74. The van der Waals surface area contributed by atoms with Crippen LogP contribution in [0, 0.1) is 0 Å². The van der Waals surface area contributed by atoms with Gasteiger partial charge in [0.25, 0.3) is 0 Å². The van der Waals surface area contributed by atoms with Crippen molar-refractivity contribution >= 4 is 11.6 Å². The summed E-state index contributed by atoms with van der Waals surface area (Å²) < 4.78 is 5.37. The molecule has 2 atom stereocenters. The first-order valence-electron chi connectivity index (χ1n) is 3.82. The molecule has 0 aromatic heterocycles. The minimum Gasteiger partial charge on any atom is -0.487 e. The summed E-state index contributed by atoms with van der Waals surface area (Å²) in [4.78, 5) is 0. The zero-order valence-electron chi connectivity index (χ0n) is 6.62. The summed E-state index contributed by atoms with van der Waals surface area (Å²) in [5, 5.41) is 10.2. The summed E-state index contributed by atoms with van der Waals surface area (Å²) in [6.07, 6.45) is -0.711. The van der Waals surface area contributed by atoms with Crippen molar-refractivity contribution in [1.82, 2.24) is 0 Å². The lowest BCUT2D eigenvalue weighted by Crippen LogP contribution is -2.12. The minimum atomic E-state index is -0.543. The smallest absolute Gasteiger partial charge is 0.126 e. The molecular formula is C9H9ClO2. The van der Waals surface area contributed by atoms with Gasteiger partial charge in [0.1, 0.15) is 18.0 Å². The van der Waals surface area contributed by atoms with Crippen LogP contribution < -0.4 is 4.74 Å². The Morgan fingerprint density at radius 1 is 1.50 bits per heavy atom. The van der Waals surface area contributed by atoms with Crippen LogP contribution in [0.1, 0.15) is 18.6 Å². The van der Waals surface area contributed by atoms with Crippen molar-refractivity contribution in [1.29, 1.82) is 0 Å². The third-order valence-corrected chi connectivity index (χ3v) is 2.28. The maximum atomic E-state index is 9.59. The van der Waals surface area contributed by atoms with Gasteiger partial charge in [0.15, 0.2) is 0 Å². The van der Waals surface area contributed by atoms with Crippen LogP contribution in [0.3, 0.4) is 0 Å². The number of rotatable bonds is 0. The van der Waals surface area contributed by atoms with Crippen molar-refractivity contribution in [3.63, 3.8) is 0 Å². The molecule has 0 amide bonds. The molecule has 0 bridgehead atoms. The Hall–Kier alpha value is -0.730. The molecular weight excluding hydrogens is 176 g/mol. The van der Waals surface area contributed by atoms with Crippen molar-refractivity contribution < 1.29 is 9.84 Å². The predicted molar refractivity (Wildman–Crippen MR) is 46.5 cm³/mol. The Morgan fingerprint density at radius 3 is 3.00 bits per heavy atom. The summed E-state index contributed by atoms with van der Waals surface area (Å²) in [5.74, 6) is 0.736. The second-order valence-corrected chi connectivity index (χ2v) is 3.39. The van der Waals surface area contributed by atoms with Crippen molar-refractivity contribution in [2.75, 3.05) is 0 Å². The first kappa shape index (κ1) is 7.90. The monoisotopic (exact) mass is 184 g/mol.